The lowest BCUT2D eigenvalue weighted by Crippen LogP contribution is -2.29. The Balaban J connectivity index is 1.67. The van der Waals surface area contributed by atoms with Gasteiger partial charge in [0.2, 0.25) is 0 Å². The second-order valence-corrected chi connectivity index (χ2v) is 7.13. The quantitative estimate of drug-likeness (QED) is 0.853. The minimum absolute atomic E-state index is 0.109. The maximum absolute atomic E-state index is 5.59. The average Bonchev–Trinajstić information content (AvgIpc) is 3.34. The summed E-state index contributed by atoms with van der Waals surface area (Å²) in [6.07, 6.45) is 11.7. The molecule has 3 heterocycles. The van der Waals surface area contributed by atoms with E-state index in [4.69, 9.17) is 12.2 Å². The maximum Gasteiger partial charge on any atom is 0.170 e. The fraction of sp³-hybridized carbons (Fsp3) is 0.474. The summed E-state index contributed by atoms with van der Waals surface area (Å²) in [5, 5.41) is 4.31. The van der Waals surface area contributed by atoms with Crippen LogP contribution in [0.1, 0.15) is 62.0 Å². The average molecular weight is 340 g/mol. The third kappa shape index (κ3) is 2.71. The summed E-state index contributed by atoms with van der Waals surface area (Å²) < 4.78 is 2.41. The van der Waals surface area contributed by atoms with Gasteiger partial charge in [0.05, 0.1) is 17.8 Å². The molecule has 1 aliphatic carbocycles. The van der Waals surface area contributed by atoms with E-state index in [0.717, 1.165) is 17.4 Å². The minimum atomic E-state index is 0.109. The van der Waals surface area contributed by atoms with Gasteiger partial charge in [-0.3, -0.25) is 4.98 Å². The van der Waals surface area contributed by atoms with E-state index >= 15 is 0 Å². The molecule has 4 nitrogen and oxygen atoms in total. The molecule has 2 aliphatic rings. The molecule has 4 rings (SSSR count). The molecule has 2 aromatic heterocycles. The number of nitrogens with zero attached hydrogens (tertiary/aromatic N) is 3. The molecule has 2 atom stereocenters. The van der Waals surface area contributed by atoms with Crippen LogP contribution in [-0.4, -0.2) is 26.1 Å². The Labute approximate surface area is 148 Å². The lowest BCUT2D eigenvalue weighted by Gasteiger charge is -2.26. The first-order valence-electron chi connectivity index (χ1n) is 8.93. The van der Waals surface area contributed by atoms with Gasteiger partial charge >= 0.3 is 0 Å². The van der Waals surface area contributed by atoms with Crippen LogP contribution in [0.4, 0.5) is 0 Å². The van der Waals surface area contributed by atoms with Gasteiger partial charge in [-0.1, -0.05) is 18.9 Å². The summed E-state index contributed by atoms with van der Waals surface area (Å²) in [6.45, 7) is 3.06. The van der Waals surface area contributed by atoms with Gasteiger partial charge in [-0.25, -0.2) is 0 Å². The van der Waals surface area contributed by atoms with E-state index in [1.165, 1.54) is 31.2 Å². The molecule has 2 unspecified atom stereocenters. The summed E-state index contributed by atoms with van der Waals surface area (Å²) in [6, 6.07) is 9.33. The predicted molar refractivity (Wildman–Crippen MR) is 99.8 cm³/mol. The van der Waals surface area contributed by atoms with Gasteiger partial charge in [-0.2, -0.15) is 0 Å². The van der Waals surface area contributed by atoms with Crippen molar-refractivity contribution < 1.29 is 0 Å². The second kappa shape index (κ2) is 6.55. The third-order valence-electron chi connectivity index (χ3n) is 5.36. The molecule has 2 fully saturated rings. The normalized spacial score (nSPS) is 24.5. The third-order valence-corrected chi connectivity index (χ3v) is 5.72. The number of hydrogen-bond acceptors (Lipinski definition) is 2. The van der Waals surface area contributed by atoms with Crippen LogP contribution in [-0.2, 0) is 0 Å². The van der Waals surface area contributed by atoms with Crippen molar-refractivity contribution in [3.63, 3.8) is 0 Å². The van der Waals surface area contributed by atoms with Crippen LogP contribution in [0.25, 0.3) is 0 Å². The van der Waals surface area contributed by atoms with Crippen molar-refractivity contribution >= 4 is 17.3 Å². The fourth-order valence-electron chi connectivity index (χ4n) is 4.14. The molecule has 24 heavy (non-hydrogen) atoms. The van der Waals surface area contributed by atoms with Gasteiger partial charge in [-0.05, 0) is 55.7 Å². The molecular formula is C19H24N4S. The highest BCUT2D eigenvalue weighted by atomic mass is 32.1. The minimum Gasteiger partial charge on any atom is -0.352 e. The number of nitrogens with one attached hydrogen (secondary N) is 1. The summed E-state index contributed by atoms with van der Waals surface area (Å²) in [4.78, 5) is 6.85. The number of hydrogen-bond donors (Lipinski definition) is 1. The van der Waals surface area contributed by atoms with Crippen LogP contribution in [0, 0.1) is 0 Å². The van der Waals surface area contributed by atoms with Crippen molar-refractivity contribution in [1.82, 2.24) is 19.8 Å². The number of pyridine rings is 1. The highest BCUT2D eigenvalue weighted by molar-refractivity contribution is 7.80. The molecule has 1 aliphatic heterocycles. The molecule has 0 bridgehead atoms. The van der Waals surface area contributed by atoms with E-state index in [-0.39, 0.29) is 12.1 Å². The zero-order valence-corrected chi connectivity index (χ0v) is 14.9. The standard InChI is InChI=1S/C19H24N4S/c1-2-23-18(14-10-12-22(13-14)15-7-3-4-8-15)17(21-19(23)24)16-9-5-6-11-20-16/h5-6,9-13,15,17-18H,2-4,7-8H2,1H3,(H,21,24). The lowest BCUT2D eigenvalue weighted by atomic mass is 9.99. The fourth-order valence-corrected chi connectivity index (χ4v) is 4.51. The van der Waals surface area contributed by atoms with Gasteiger partial charge in [-0.15, -0.1) is 0 Å². The molecule has 0 aromatic carbocycles. The molecule has 2 aromatic rings. The van der Waals surface area contributed by atoms with Crippen molar-refractivity contribution in [1.29, 1.82) is 0 Å². The van der Waals surface area contributed by atoms with Crippen LogP contribution in [0.15, 0.2) is 42.9 Å². The predicted octanol–water partition coefficient (Wildman–Crippen LogP) is 3.99. The Bertz CT molecular complexity index is 705. The zero-order valence-electron chi connectivity index (χ0n) is 14.1. The van der Waals surface area contributed by atoms with Crippen LogP contribution >= 0.6 is 12.2 Å². The number of aromatic nitrogens is 2. The molecule has 1 saturated carbocycles. The summed E-state index contributed by atoms with van der Waals surface area (Å²) in [5.74, 6) is 0. The second-order valence-electron chi connectivity index (χ2n) is 6.74. The first-order valence-corrected chi connectivity index (χ1v) is 9.34. The zero-order chi connectivity index (χ0) is 16.5. The SMILES string of the molecule is CCN1C(=S)NC(c2ccccn2)C1c1ccn(C2CCCC2)c1. The monoisotopic (exact) mass is 340 g/mol. The van der Waals surface area contributed by atoms with Gasteiger partial charge in [0.25, 0.3) is 0 Å². The first-order chi connectivity index (χ1) is 11.8. The molecule has 0 amide bonds. The van der Waals surface area contributed by atoms with E-state index in [2.05, 4.69) is 51.2 Å². The van der Waals surface area contributed by atoms with E-state index in [1.807, 2.05) is 18.3 Å². The molecule has 1 saturated heterocycles. The van der Waals surface area contributed by atoms with Crippen LogP contribution in [0.2, 0.25) is 0 Å². The van der Waals surface area contributed by atoms with Crippen LogP contribution < -0.4 is 5.32 Å². The summed E-state index contributed by atoms with van der Waals surface area (Å²) in [7, 11) is 0. The van der Waals surface area contributed by atoms with Crippen LogP contribution in [0.3, 0.4) is 0 Å². The van der Waals surface area contributed by atoms with E-state index in [9.17, 15) is 0 Å². The Hall–Kier alpha value is -1.88. The maximum atomic E-state index is 5.59. The Kier molecular flexibility index (Phi) is 4.27. The Morgan fingerprint density at radius 1 is 1.25 bits per heavy atom. The smallest absolute Gasteiger partial charge is 0.170 e. The molecular weight excluding hydrogens is 316 g/mol. The van der Waals surface area contributed by atoms with Crippen molar-refractivity contribution in [2.45, 2.75) is 50.7 Å². The van der Waals surface area contributed by atoms with E-state index < -0.39 is 0 Å². The number of rotatable bonds is 4. The lowest BCUT2D eigenvalue weighted by molar-refractivity contribution is 0.330. The first kappa shape index (κ1) is 15.6. The largest absolute Gasteiger partial charge is 0.352 e. The van der Waals surface area contributed by atoms with Crippen molar-refractivity contribution in [2.75, 3.05) is 6.54 Å². The molecule has 126 valence electrons. The number of likely N-dealkylation sites (N-methyl/N-ethyl adjacent to an activating group) is 1. The summed E-state index contributed by atoms with van der Waals surface area (Å²) in [5.41, 5.74) is 2.38. The number of thiocarbonyl (C=S) groups is 1. The molecule has 0 radical (unpaired) electrons. The Morgan fingerprint density at radius 3 is 2.79 bits per heavy atom. The summed E-state index contributed by atoms with van der Waals surface area (Å²) >= 11 is 5.59. The van der Waals surface area contributed by atoms with Gasteiger partial charge < -0.3 is 14.8 Å². The molecule has 1 N–H and O–H groups in total. The van der Waals surface area contributed by atoms with Gasteiger partial charge in [0.1, 0.15) is 0 Å². The van der Waals surface area contributed by atoms with Crippen molar-refractivity contribution in [3.05, 3.63) is 54.1 Å². The highest BCUT2D eigenvalue weighted by Crippen LogP contribution is 2.39. The van der Waals surface area contributed by atoms with Crippen molar-refractivity contribution in [3.8, 4) is 0 Å². The van der Waals surface area contributed by atoms with Gasteiger partial charge in [0, 0.05) is 31.2 Å². The topological polar surface area (TPSA) is 33.1 Å². The van der Waals surface area contributed by atoms with Crippen LogP contribution in [0.5, 0.6) is 0 Å². The molecule has 0 spiro atoms. The van der Waals surface area contributed by atoms with E-state index in [1.54, 1.807) is 0 Å². The van der Waals surface area contributed by atoms with Gasteiger partial charge in [0.15, 0.2) is 5.11 Å². The van der Waals surface area contributed by atoms with Crippen molar-refractivity contribution in [2.24, 2.45) is 0 Å². The van der Waals surface area contributed by atoms with E-state index in [0.29, 0.717) is 6.04 Å². The highest BCUT2D eigenvalue weighted by Gasteiger charge is 2.39. The molecule has 5 heteroatoms. The Morgan fingerprint density at radius 2 is 2.08 bits per heavy atom.